The fraction of sp³-hybridized carbons (Fsp3) is 0.588. The number of aromatic nitrogens is 1. The molecule has 3 aliphatic heterocycles. The van der Waals surface area contributed by atoms with Gasteiger partial charge in [-0.15, -0.1) is 0 Å². The Morgan fingerprint density at radius 2 is 2.17 bits per heavy atom. The third-order valence-corrected chi connectivity index (χ3v) is 5.61. The highest BCUT2D eigenvalue weighted by Gasteiger charge is 2.42. The van der Waals surface area contributed by atoms with E-state index in [4.69, 9.17) is 12.2 Å². The number of piperidine rings is 1. The molecule has 0 radical (unpaired) electrons. The van der Waals surface area contributed by atoms with Gasteiger partial charge < -0.3 is 20.9 Å². The molecule has 3 atom stereocenters. The zero-order valence-electron chi connectivity index (χ0n) is 13.6. The molecule has 3 aliphatic rings. The van der Waals surface area contributed by atoms with E-state index in [-0.39, 0.29) is 18.0 Å². The number of amides is 1. The lowest BCUT2D eigenvalue weighted by Gasteiger charge is -2.39. The smallest absolute Gasteiger partial charge is 0.245 e. The topological polar surface area (TPSA) is 69.3 Å². The summed E-state index contributed by atoms with van der Waals surface area (Å²) in [6.45, 7) is 2.60. The standard InChI is InChI=1S/C17H23N5OS/c23-16-15-13(6-9-20-15)22(17(24)21-16)10-11-4-3-8-19-14(11)12-5-1-2-7-18-12/h3-4,8,12-13,15,18,20H,1-2,5-7,9-10H2,(H,21,23,24). The van der Waals surface area contributed by atoms with Crippen molar-refractivity contribution in [1.29, 1.82) is 0 Å². The summed E-state index contributed by atoms with van der Waals surface area (Å²) < 4.78 is 0. The minimum absolute atomic E-state index is 0.000827. The molecule has 3 N–H and O–H groups in total. The zero-order chi connectivity index (χ0) is 16.5. The maximum atomic E-state index is 12.1. The molecule has 3 saturated heterocycles. The minimum Gasteiger partial charge on any atom is -0.339 e. The Morgan fingerprint density at radius 3 is 3.00 bits per heavy atom. The van der Waals surface area contributed by atoms with Crippen LogP contribution in [0.2, 0.25) is 0 Å². The van der Waals surface area contributed by atoms with E-state index in [1.807, 2.05) is 12.3 Å². The van der Waals surface area contributed by atoms with E-state index in [2.05, 4.69) is 31.9 Å². The van der Waals surface area contributed by atoms with Crippen LogP contribution in [0.5, 0.6) is 0 Å². The number of hydrogen-bond acceptors (Lipinski definition) is 5. The van der Waals surface area contributed by atoms with Crippen LogP contribution in [0.4, 0.5) is 0 Å². The van der Waals surface area contributed by atoms with E-state index in [1.54, 1.807) is 0 Å². The highest BCUT2D eigenvalue weighted by atomic mass is 32.1. The zero-order valence-corrected chi connectivity index (χ0v) is 14.4. The molecule has 0 aliphatic carbocycles. The van der Waals surface area contributed by atoms with Gasteiger partial charge in [-0.3, -0.25) is 9.78 Å². The maximum absolute atomic E-state index is 12.1. The van der Waals surface area contributed by atoms with Crippen LogP contribution in [0, 0.1) is 0 Å². The fourth-order valence-electron chi connectivity index (χ4n) is 4.05. The Balaban J connectivity index is 1.58. The molecule has 0 bridgehead atoms. The Hall–Kier alpha value is -1.57. The van der Waals surface area contributed by atoms with Crippen molar-refractivity contribution in [3.8, 4) is 0 Å². The van der Waals surface area contributed by atoms with E-state index >= 15 is 0 Å². The van der Waals surface area contributed by atoms with Crippen molar-refractivity contribution >= 4 is 23.2 Å². The highest BCUT2D eigenvalue weighted by Crippen LogP contribution is 2.27. The predicted octanol–water partition coefficient (Wildman–Crippen LogP) is 0.843. The van der Waals surface area contributed by atoms with E-state index in [1.165, 1.54) is 18.4 Å². The van der Waals surface area contributed by atoms with Gasteiger partial charge in [0.15, 0.2) is 5.11 Å². The van der Waals surface area contributed by atoms with Crippen LogP contribution in [0.15, 0.2) is 18.3 Å². The van der Waals surface area contributed by atoms with E-state index in [9.17, 15) is 4.79 Å². The lowest BCUT2D eigenvalue weighted by atomic mass is 9.97. The molecule has 3 unspecified atom stereocenters. The van der Waals surface area contributed by atoms with E-state index in [0.717, 1.165) is 31.6 Å². The van der Waals surface area contributed by atoms with Crippen molar-refractivity contribution in [1.82, 2.24) is 25.8 Å². The largest absolute Gasteiger partial charge is 0.339 e. The number of carbonyl (C=O) groups is 1. The SMILES string of the molecule is O=C1NC(=S)N(Cc2cccnc2C2CCCCN2)C2CCNC12. The van der Waals surface area contributed by atoms with Crippen molar-refractivity contribution in [2.24, 2.45) is 0 Å². The second kappa shape index (κ2) is 6.74. The minimum atomic E-state index is -0.162. The first kappa shape index (κ1) is 15.9. The van der Waals surface area contributed by atoms with Crippen molar-refractivity contribution < 1.29 is 4.79 Å². The summed E-state index contributed by atoms with van der Waals surface area (Å²) in [7, 11) is 0. The first-order valence-corrected chi connectivity index (χ1v) is 9.17. The average molecular weight is 345 g/mol. The van der Waals surface area contributed by atoms with Crippen LogP contribution in [0.3, 0.4) is 0 Å². The molecule has 1 amide bonds. The quantitative estimate of drug-likeness (QED) is 0.706. The molecule has 6 nitrogen and oxygen atoms in total. The number of rotatable bonds is 3. The molecule has 0 saturated carbocycles. The highest BCUT2D eigenvalue weighted by molar-refractivity contribution is 7.80. The van der Waals surface area contributed by atoms with Gasteiger partial charge in [0.05, 0.1) is 11.7 Å². The number of fused-ring (bicyclic) bond motifs is 1. The van der Waals surface area contributed by atoms with Gasteiger partial charge in [0.1, 0.15) is 6.04 Å². The fourth-order valence-corrected chi connectivity index (χ4v) is 4.35. The second-order valence-corrected chi connectivity index (χ2v) is 7.15. The normalized spacial score (nSPS) is 30.2. The van der Waals surface area contributed by atoms with Crippen LogP contribution in [0.1, 0.15) is 43.0 Å². The molecule has 1 aromatic rings. The van der Waals surface area contributed by atoms with Gasteiger partial charge in [-0.1, -0.05) is 12.5 Å². The molecule has 0 spiro atoms. The van der Waals surface area contributed by atoms with Crippen LogP contribution < -0.4 is 16.0 Å². The summed E-state index contributed by atoms with van der Waals surface area (Å²) in [6, 6.07) is 4.41. The number of hydrogen-bond donors (Lipinski definition) is 3. The molecule has 4 heterocycles. The van der Waals surface area contributed by atoms with Crippen molar-refractivity contribution in [3.63, 3.8) is 0 Å². The maximum Gasteiger partial charge on any atom is 0.245 e. The van der Waals surface area contributed by atoms with Crippen LogP contribution in [-0.2, 0) is 11.3 Å². The first-order valence-electron chi connectivity index (χ1n) is 8.76. The van der Waals surface area contributed by atoms with E-state index in [0.29, 0.717) is 17.7 Å². The summed E-state index contributed by atoms with van der Waals surface area (Å²) in [5.74, 6) is -0.000827. The molecule has 24 heavy (non-hydrogen) atoms. The molecule has 4 rings (SSSR count). The number of nitrogens with one attached hydrogen (secondary N) is 3. The lowest BCUT2D eigenvalue weighted by Crippen LogP contribution is -2.63. The van der Waals surface area contributed by atoms with Gasteiger partial charge >= 0.3 is 0 Å². The molecule has 128 valence electrons. The van der Waals surface area contributed by atoms with Crippen molar-refractivity contribution in [2.45, 2.75) is 50.4 Å². The van der Waals surface area contributed by atoms with Gasteiger partial charge in [0.25, 0.3) is 0 Å². The monoisotopic (exact) mass is 345 g/mol. The summed E-state index contributed by atoms with van der Waals surface area (Å²) in [4.78, 5) is 18.9. The third-order valence-electron chi connectivity index (χ3n) is 5.27. The number of pyridine rings is 1. The van der Waals surface area contributed by atoms with Gasteiger partial charge in [0.2, 0.25) is 5.91 Å². The lowest BCUT2D eigenvalue weighted by molar-refractivity contribution is -0.123. The Bertz CT molecular complexity index is 646. The second-order valence-electron chi connectivity index (χ2n) is 6.76. The first-order chi connectivity index (χ1) is 11.7. The van der Waals surface area contributed by atoms with Gasteiger partial charge in [-0.05, 0) is 56.2 Å². The van der Waals surface area contributed by atoms with Crippen LogP contribution >= 0.6 is 12.2 Å². The molecule has 0 aromatic carbocycles. The van der Waals surface area contributed by atoms with Crippen molar-refractivity contribution in [3.05, 3.63) is 29.6 Å². The molecule has 3 fully saturated rings. The number of nitrogens with zero attached hydrogens (tertiary/aromatic N) is 2. The molecule has 1 aromatic heterocycles. The summed E-state index contributed by atoms with van der Waals surface area (Å²) in [6.07, 6.45) is 6.40. The Kier molecular flexibility index (Phi) is 4.47. The van der Waals surface area contributed by atoms with E-state index < -0.39 is 0 Å². The Morgan fingerprint density at radius 1 is 1.25 bits per heavy atom. The third kappa shape index (κ3) is 2.92. The van der Waals surface area contributed by atoms with Gasteiger partial charge in [-0.25, -0.2) is 0 Å². The average Bonchev–Trinajstić information content (AvgIpc) is 3.10. The summed E-state index contributed by atoms with van der Waals surface area (Å²) in [5.41, 5.74) is 2.32. The van der Waals surface area contributed by atoms with Crippen molar-refractivity contribution in [2.75, 3.05) is 13.1 Å². The predicted molar refractivity (Wildman–Crippen MR) is 95.3 cm³/mol. The molecular formula is C17H23N5OS. The molecule has 7 heteroatoms. The number of carbonyl (C=O) groups excluding carboxylic acids is 1. The van der Waals surface area contributed by atoms with Gasteiger partial charge in [-0.2, -0.15) is 0 Å². The number of thiocarbonyl (C=S) groups is 1. The summed E-state index contributed by atoms with van der Waals surface area (Å²) in [5, 5.41) is 10.2. The van der Waals surface area contributed by atoms with Crippen LogP contribution in [-0.4, -0.2) is 46.1 Å². The molecular weight excluding hydrogens is 322 g/mol. The van der Waals surface area contributed by atoms with Crippen LogP contribution in [0.25, 0.3) is 0 Å². The van der Waals surface area contributed by atoms with Gasteiger partial charge in [0, 0.05) is 18.8 Å². The Labute approximate surface area is 147 Å². The summed E-state index contributed by atoms with van der Waals surface area (Å²) >= 11 is 5.46.